The Morgan fingerprint density at radius 1 is 1.00 bits per heavy atom. The Morgan fingerprint density at radius 3 is 2.00 bits per heavy atom. The van der Waals surface area contributed by atoms with E-state index in [1.54, 1.807) is 7.11 Å². The first-order chi connectivity index (χ1) is 8.36. The van der Waals surface area contributed by atoms with Gasteiger partial charge in [-0.2, -0.15) is 0 Å². The predicted molar refractivity (Wildman–Crippen MR) is 85.5 cm³/mol. The van der Waals surface area contributed by atoms with Crippen molar-refractivity contribution in [2.75, 3.05) is 12.4 Å². The van der Waals surface area contributed by atoms with Crippen LogP contribution < -0.4 is 10.1 Å². The van der Waals surface area contributed by atoms with Crippen LogP contribution in [0.4, 0.5) is 5.69 Å². The van der Waals surface area contributed by atoms with Gasteiger partial charge in [0.15, 0.2) is 0 Å². The third-order valence-corrected chi connectivity index (χ3v) is 4.28. The standard InChI is InChI=1S/C14H21Br2NO/c1-8(2)14(9(3)4)17-12-7-13(18-5)11(16)6-10(12)15/h6-9,14,17H,1-5H3. The molecule has 0 spiro atoms. The third-order valence-electron chi connectivity index (χ3n) is 3.00. The van der Waals surface area contributed by atoms with Crippen molar-refractivity contribution in [1.29, 1.82) is 0 Å². The van der Waals surface area contributed by atoms with Crippen LogP contribution in [0.2, 0.25) is 0 Å². The largest absolute Gasteiger partial charge is 0.495 e. The van der Waals surface area contributed by atoms with E-state index in [2.05, 4.69) is 64.9 Å². The maximum atomic E-state index is 5.34. The third kappa shape index (κ3) is 3.89. The van der Waals surface area contributed by atoms with Crippen LogP contribution in [-0.2, 0) is 0 Å². The summed E-state index contributed by atoms with van der Waals surface area (Å²) in [6.07, 6.45) is 0. The summed E-state index contributed by atoms with van der Waals surface area (Å²) < 4.78 is 7.33. The lowest BCUT2D eigenvalue weighted by Gasteiger charge is -2.28. The van der Waals surface area contributed by atoms with E-state index in [0.717, 1.165) is 20.4 Å². The highest BCUT2D eigenvalue weighted by molar-refractivity contribution is 9.11. The quantitative estimate of drug-likeness (QED) is 0.749. The number of nitrogens with one attached hydrogen (secondary N) is 1. The van der Waals surface area contributed by atoms with E-state index in [4.69, 9.17) is 4.74 Å². The molecule has 0 radical (unpaired) electrons. The molecule has 0 aliphatic heterocycles. The smallest absolute Gasteiger partial charge is 0.135 e. The van der Waals surface area contributed by atoms with Crippen LogP contribution in [0.1, 0.15) is 27.7 Å². The second-order valence-corrected chi connectivity index (χ2v) is 6.83. The molecule has 1 rings (SSSR count). The molecule has 2 nitrogen and oxygen atoms in total. The Labute approximate surface area is 127 Å². The molecule has 0 atom stereocenters. The Kier molecular flexibility index (Phi) is 5.99. The van der Waals surface area contributed by atoms with Crippen molar-refractivity contribution < 1.29 is 4.74 Å². The normalized spacial score (nSPS) is 11.4. The lowest BCUT2D eigenvalue weighted by Crippen LogP contribution is -2.31. The van der Waals surface area contributed by atoms with Gasteiger partial charge in [-0.3, -0.25) is 0 Å². The van der Waals surface area contributed by atoms with Crippen molar-refractivity contribution in [1.82, 2.24) is 0 Å². The summed E-state index contributed by atoms with van der Waals surface area (Å²) in [5, 5.41) is 3.60. The number of anilines is 1. The summed E-state index contributed by atoms with van der Waals surface area (Å²) >= 11 is 7.07. The molecule has 0 aliphatic rings. The average molecular weight is 379 g/mol. The second kappa shape index (κ2) is 6.80. The molecule has 102 valence electrons. The minimum Gasteiger partial charge on any atom is -0.495 e. The molecule has 4 heteroatoms. The van der Waals surface area contributed by atoms with E-state index in [1.807, 2.05) is 12.1 Å². The summed E-state index contributed by atoms with van der Waals surface area (Å²) in [5.74, 6) is 1.99. The first kappa shape index (κ1) is 15.8. The molecule has 0 aromatic heterocycles. The number of rotatable bonds is 5. The molecule has 0 heterocycles. The summed E-state index contributed by atoms with van der Waals surface area (Å²) in [7, 11) is 1.68. The first-order valence-corrected chi connectivity index (χ1v) is 7.75. The van der Waals surface area contributed by atoms with Gasteiger partial charge < -0.3 is 10.1 Å². The highest BCUT2D eigenvalue weighted by Gasteiger charge is 2.19. The van der Waals surface area contributed by atoms with Crippen LogP contribution in [0.3, 0.4) is 0 Å². The maximum Gasteiger partial charge on any atom is 0.135 e. The van der Waals surface area contributed by atoms with E-state index < -0.39 is 0 Å². The van der Waals surface area contributed by atoms with Crippen LogP contribution in [-0.4, -0.2) is 13.2 Å². The molecule has 1 aromatic rings. The Bertz CT molecular complexity index is 397. The Hall–Kier alpha value is -0.220. The minimum absolute atomic E-state index is 0.437. The zero-order chi connectivity index (χ0) is 13.9. The molecule has 0 amide bonds. The number of ether oxygens (including phenoxy) is 1. The van der Waals surface area contributed by atoms with Crippen LogP contribution in [0.15, 0.2) is 21.1 Å². The Balaban J connectivity index is 3.02. The Morgan fingerprint density at radius 2 is 1.56 bits per heavy atom. The molecular formula is C14H21Br2NO. The van der Waals surface area contributed by atoms with Crippen molar-refractivity contribution in [3.8, 4) is 5.75 Å². The fourth-order valence-electron chi connectivity index (χ4n) is 2.08. The zero-order valence-electron chi connectivity index (χ0n) is 11.6. The van der Waals surface area contributed by atoms with Gasteiger partial charge in [-0.25, -0.2) is 0 Å². The van der Waals surface area contributed by atoms with Crippen LogP contribution >= 0.6 is 31.9 Å². The van der Waals surface area contributed by atoms with E-state index in [1.165, 1.54) is 0 Å². The van der Waals surface area contributed by atoms with E-state index in [0.29, 0.717) is 17.9 Å². The molecule has 18 heavy (non-hydrogen) atoms. The van der Waals surface area contributed by atoms with Gasteiger partial charge >= 0.3 is 0 Å². The topological polar surface area (TPSA) is 21.3 Å². The molecule has 0 saturated carbocycles. The van der Waals surface area contributed by atoms with Gasteiger partial charge in [0.25, 0.3) is 0 Å². The van der Waals surface area contributed by atoms with Gasteiger partial charge in [0.1, 0.15) is 5.75 Å². The van der Waals surface area contributed by atoms with E-state index in [-0.39, 0.29) is 0 Å². The van der Waals surface area contributed by atoms with Crippen molar-refractivity contribution in [3.05, 3.63) is 21.1 Å². The van der Waals surface area contributed by atoms with Crippen molar-refractivity contribution >= 4 is 37.5 Å². The average Bonchev–Trinajstić information content (AvgIpc) is 2.26. The van der Waals surface area contributed by atoms with Gasteiger partial charge in [0.2, 0.25) is 0 Å². The molecule has 0 unspecified atom stereocenters. The molecule has 0 saturated heterocycles. The molecule has 0 fully saturated rings. The monoisotopic (exact) mass is 377 g/mol. The van der Waals surface area contributed by atoms with E-state index >= 15 is 0 Å². The van der Waals surface area contributed by atoms with Gasteiger partial charge in [-0.1, -0.05) is 27.7 Å². The van der Waals surface area contributed by atoms with Crippen LogP contribution in [0.5, 0.6) is 5.75 Å². The minimum atomic E-state index is 0.437. The van der Waals surface area contributed by atoms with Crippen LogP contribution in [0.25, 0.3) is 0 Å². The highest BCUT2D eigenvalue weighted by atomic mass is 79.9. The van der Waals surface area contributed by atoms with Gasteiger partial charge in [-0.05, 0) is 49.8 Å². The lowest BCUT2D eigenvalue weighted by molar-refractivity contribution is 0.407. The zero-order valence-corrected chi connectivity index (χ0v) is 14.7. The SMILES string of the molecule is COc1cc(NC(C(C)C)C(C)C)c(Br)cc1Br. The number of benzene rings is 1. The van der Waals surface area contributed by atoms with Gasteiger partial charge in [-0.15, -0.1) is 0 Å². The molecule has 0 aliphatic carbocycles. The van der Waals surface area contributed by atoms with E-state index in [9.17, 15) is 0 Å². The molecule has 1 N–H and O–H groups in total. The van der Waals surface area contributed by atoms with Crippen molar-refractivity contribution in [2.24, 2.45) is 11.8 Å². The highest BCUT2D eigenvalue weighted by Crippen LogP contribution is 2.35. The fourth-order valence-corrected chi connectivity index (χ4v) is 3.35. The summed E-state index contributed by atoms with van der Waals surface area (Å²) in [6, 6.07) is 4.47. The predicted octanol–water partition coefficient (Wildman–Crippen LogP) is 5.31. The molecular weight excluding hydrogens is 358 g/mol. The number of methoxy groups -OCH3 is 1. The van der Waals surface area contributed by atoms with Crippen LogP contribution in [0, 0.1) is 11.8 Å². The lowest BCUT2D eigenvalue weighted by atomic mass is 9.93. The number of halogens is 2. The summed E-state index contributed by atoms with van der Waals surface area (Å²) in [5.41, 5.74) is 1.07. The van der Waals surface area contributed by atoms with Crippen molar-refractivity contribution in [2.45, 2.75) is 33.7 Å². The number of hydrogen-bond donors (Lipinski definition) is 1. The second-order valence-electron chi connectivity index (χ2n) is 5.12. The summed E-state index contributed by atoms with van der Waals surface area (Å²) in [4.78, 5) is 0. The van der Waals surface area contributed by atoms with Gasteiger partial charge in [0.05, 0.1) is 17.3 Å². The first-order valence-electron chi connectivity index (χ1n) is 6.16. The van der Waals surface area contributed by atoms with Crippen molar-refractivity contribution in [3.63, 3.8) is 0 Å². The van der Waals surface area contributed by atoms with Gasteiger partial charge in [0, 0.05) is 16.6 Å². The number of hydrogen-bond acceptors (Lipinski definition) is 2. The fraction of sp³-hybridized carbons (Fsp3) is 0.571. The molecule has 0 bridgehead atoms. The summed E-state index contributed by atoms with van der Waals surface area (Å²) in [6.45, 7) is 8.95. The molecule has 1 aromatic carbocycles. The maximum absolute atomic E-state index is 5.34.